The van der Waals surface area contributed by atoms with Crippen molar-refractivity contribution < 1.29 is 27.8 Å². The minimum atomic E-state index is -3.43. The van der Waals surface area contributed by atoms with Crippen molar-refractivity contribution in [3.05, 3.63) is 29.8 Å². The van der Waals surface area contributed by atoms with E-state index in [1.165, 1.54) is 0 Å². The van der Waals surface area contributed by atoms with Crippen molar-refractivity contribution in [2.24, 2.45) is 0 Å². The van der Waals surface area contributed by atoms with Gasteiger partial charge in [0.25, 0.3) is 0 Å². The van der Waals surface area contributed by atoms with Crippen LogP contribution in [0.15, 0.2) is 24.3 Å². The zero-order chi connectivity index (χ0) is 24.2. The molecule has 1 amide bonds. The Balaban J connectivity index is 1.64. The van der Waals surface area contributed by atoms with Gasteiger partial charge in [0.15, 0.2) is 0 Å². The van der Waals surface area contributed by atoms with Crippen molar-refractivity contribution in [3.63, 3.8) is 0 Å². The van der Waals surface area contributed by atoms with Crippen LogP contribution in [-0.2, 0) is 19.5 Å². The molecule has 0 unspecified atom stereocenters. The summed E-state index contributed by atoms with van der Waals surface area (Å²) in [7, 11) is -3.43. The van der Waals surface area contributed by atoms with E-state index in [-0.39, 0.29) is 12.7 Å². The summed E-state index contributed by atoms with van der Waals surface area (Å²) >= 11 is 0. The van der Waals surface area contributed by atoms with Crippen LogP contribution < -0.4 is 4.72 Å². The SMILES string of the molecule is CC(C)(C)OC(=O)N1CCC[C@H](NS(C)(=O)=O)[C@@H]1COC1CCC(c2ccccc2O)CC1. The summed E-state index contributed by atoms with van der Waals surface area (Å²) < 4.78 is 38.4. The van der Waals surface area contributed by atoms with Crippen LogP contribution in [0.1, 0.15) is 70.8 Å². The molecule has 186 valence electrons. The van der Waals surface area contributed by atoms with E-state index in [1.807, 2.05) is 39.0 Å². The zero-order valence-electron chi connectivity index (χ0n) is 20.1. The van der Waals surface area contributed by atoms with Crippen molar-refractivity contribution in [1.29, 1.82) is 0 Å². The van der Waals surface area contributed by atoms with Crippen molar-refractivity contribution in [2.45, 2.75) is 89.0 Å². The number of nitrogens with one attached hydrogen (secondary N) is 1. The van der Waals surface area contributed by atoms with E-state index in [9.17, 15) is 18.3 Å². The molecule has 0 bridgehead atoms. The van der Waals surface area contributed by atoms with Crippen LogP contribution in [0.4, 0.5) is 4.79 Å². The molecule has 2 atom stereocenters. The number of rotatable bonds is 6. The second kappa shape index (κ2) is 10.6. The zero-order valence-corrected chi connectivity index (χ0v) is 20.9. The van der Waals surface area contributed by atoms with E-state index in [2.05, 4.69) is 4.72 Å². The van der Waals surface area contributed by atoms with Gasteiger partial charge in [0, 0.05) is 12.6 Å². The molecule has 8 nitrogen and oxygen atoms in total. The summed E-state index contributed by atoms with van der Waals surface area (Å²) in [4.78, 5) is 14.5. The molecule has 2 fully saturated rings. The number of piperidine rings is 1. The molecular formula is C24H38N2O6S. The van der Waals surface area contributed by atoms with Gasteiger partial charge in [-0.3, -0.25) is 0 Å². The Morgan fingerprint density at radius 1 is 1.15 bits per heavy atom. The number of benzene rings is 1. The molecule has 9 heteroatoms. The molecule has 1 aliphatic heterocycles. The van der Waals surface area contributed by atoms with Gasteiger partial charge in [-0.1, -0.05) is 18.2 Å². The van der Waals surface area contributed by atoms with E-state index in [0.717, 1.165) is 37.5 Å². The van der Waals surface area contributed by atoms with Crippen LogP contribution >= 0.6 is 0 Å². The molecule has 0 radical (unpaired) electrons. The molecule has 0 spiro atoms. The second-order valence-corrected chi connectivity index (χ2v) is 12.0. The van der Waals surface area contributed by atoms with E-state index in [1.54, 1.807) is 11.0 Å². The Morgan fingerprint density at radius 3 is 2.42 bits per heavy atom. The van der Waals surface area contributed by atoms with Crippen LogP contribution in [0.5, 0.6) is 5.75 Å². The largest absolute Gasteiger partial charge is 0.508 e. The number of sulfonamides is 1. The number of phenolic OH excluding ortho intramolecular Hbond substituents is 1. The quantitative estimate of drug-likeness (QED) is 0.640. The van der Waals surface area contributed by atoms with Crippen molar-refractivity contribution in [3.8, 4) is 5.75 Å². The van der Waals surface area contributed by atoms with Gasteiger partial charge in [-0.25, -0.2) is 17.9 Å². The Labute approximate surface area is 197 Å². The number of aromatic hydroxyl groups is 1. The highest BCUT2D eigenvalue weighted by Gasteiger charge is 2.38. The van der Waals surface area contributed by atoms with Crippen molar-refractivity contribution in [2.75, 3.05) is 19.4 Å². The van der Waals surface area contributed by atoms with Gasteiger partial charge in [0.2, 0.25) is 10.0 Å². The lowest BCUT2D eigenvalue weighted by molar-refractivity contribution is -0.0391. The first kappa shape index (κ1) is 25.8. The summed E-state index contributed by atoms with van der Waals surface area (Å²) in [5.41, 5.74) is 0.345. The monoisotopic (exact) mass is 482 g/mol. The van der Waals surface area contributed by atoms with Crippen LogP contribution in [0.2, 0.25) is 0 Å². The molecule has 1 saturated heterocycles. The third-order valence-corrected chi connectivity index (χ3v) is 7.06. The number of likely N-dealkylation sites (tertiary alicyclic amines) is 1. The smallest absolute Gasteiger partial charge is 0.410 e. The Morgan fingerprint density at radius 2 is 1.82 bits per heavy atom. The molecule has 1 aromatic rings. The first-order chi connectivity index (χ1) is 15.4. The predicted octanol–water partition coefficient (Wildman–Crippen LogP) is 3.75. The Kier molecular flexibility index (Phi) is 8.29. The molecule has 2 N–H and O–H groups in total. The summed E-state index contributed by atoms with van der Waals surface area (Å²) in [6.07, 6.45) is 5.58. The maximum absolute atomic E-state index is 12.9. The number of para-hydroxylation sites is 1. The average Bonchev–Trinajstić information content (AvgIpc) is 2.71. The molecule has 33 heavy (non-hydrogen) atoms. The third-order valence-electron chi connectivity index (χ3n) is 6.33. The predicted molar refractivity (Wildman–Crippen MR) is 127 cm³/mol. The minimum absolute atomic E-state index is 0.0356. The van der Waals surface area contributed by atoms with E-state index < -0.39 is 33.8 Å². The van der Waals surface area contributed by atoms with Crippen LogP contribution in [-0.4, -0.2) is 67.7 Å². The summed E-state index contributed by atoms with van der Waals surface area (Å²) in [5.74, 6) is 0.644. The van der Waals surface area contributed by atoms with Gasteiger partial charge in [0.05, 0.1) is 25.0 Å². The highest BCUT2D eigenvalue weighted by molar-refractivity contribution is 7.88. The normalized spacial score (nSPS) is 26.7. The van der Waals surface area contributed by atoms with Crippen LogP contribution in [0.3, 0.4) is 0 Å². The number of carbonyl (C=O) groups excluding carboxylic acids is 1. The lowest BCUT2D eigenvalue weighted by Gasteiger charge is -2.42. The number of ether oxygens (including phenoxy) is 2. The number of hydrogen-bond donors (Lipinski definition) is 2. The van der Waals surface area contributed by atoms with Gasteiger partial charge in [-0.05, 0) is 76.8 Å². The van der Waals surface area contributed by atoms with Crippen molar-refractivity contribution in [1.82, 2.24) is 9.62 Å². The molecule has 1 heterocycles. The number of carbonyl (C=O) groups is 1. The number of amides is 1. The van der Waals surface area contributed by atoms with Gasteiger partial charge in [-0.15, -0.1) is 0 Å². The van der Waals surface area contributed by atoms with Gasteiger partial charge in [-0.2, -0.15) is 0 Å². The van der Waals surface area contributed by atoms with E-state index in [0.29, 0.717) is 31.1 Å². The maximum Gasteiger partial charge on any atom is 0.410 e. The first-order valence-electron chi connectivity index (χ1n) is 11.8. The van der Waals surface area contributed by atoms with E-state index >= 15 is 0 Å². The molecule has 1 saturated carbocycles. The standard InChI is InChI=1S/C24H38N2O6S/c1-24(2,3)32-23(28)26-15-7-9-20(25-33(4,29)30)21(26)16-31-18-13-11-17(12-14-18)19-8-5-6-10-22(19)27/h5-6,8,10,17-18,20-21,25,27H,7,9,11-16H2,1-4H3/t17?,18?,20-,21-/m0/s1. The summed E-state index contributed by atoms with van der Waals surface area (Å²) in [5, 5.41) is 10.1. The lowest BCUT2D eigenvalue weighted by Crippen LogP contribution is -2.59. The fourth-order valence-electron chi connectivity index (χ4n) is 4.83. The summed E-state index contributed by atoms with van der Waals surface area (Å²) in [6.45, 7) is 6.20. The Bertz CT molecular complexity index is 906. The summed E-state index contributed by atoms with van der Waals surface area (Å²) in [6, 6.07) is 6.62. The van der Waals surface area contributed by atoms with Crippen LogP contribution in [0, 0.1) is 0 Å². The van der Waals surface area contributed by atoms with Crippen LogP contribution in [0.25, 0.3) is 0 Å². The number of hydrogen-bond acceptors (Lipinski definition) is 6. The van der Waals surface area contributed by atoms with Gasteiger partial charge in [0.1, 0.15) is 11.4 Å². The van der Waals surface area contributed by atoms with Gasteiger partial charge < -0.3 is 19.5 Å². The maximum atomic E-state index is 12.9. The highest BCUT2D eigenvalue weighted by atomic mass is 32.2. The molecule has 2 aliphatic rings. The number of nitrogens with zero attached hydrogens (tertiary/aromatic N) is 1. The molecular weight excluding hydrogens is 444 g/mol. The lowest BCUT2D eigenvalue weighted by atomic mass is 9.82. The molecule has 3 rings (SSSR count). The number of phenols is 1. The second-order valence-electron chi connectivity index (χ2n) is 10.2. The van der Waals surface area contributed by atoms with Crippen molar-refractivity contribution >= 4 is 16.1 Å². The average molecular weight is 483 g/mol. The fraction of sp³-hybridized carbons (Fsp3) is 0.708. The topological polar surface area (TPSA) is 105 Å². The first-order valence-corrected chi connectivity index (χ1v) is 13.7. The highest BCUT2D eigenvalue weighted by Crippen LogP contribution is 2.38. The fourth-order valence-corrected chi connectivity index (χ4v) is 5.66. The Hall–Kier alpha value is -1.84. The molecule has 1 aliphatic carbocycles. The molecule has 1 aromatic carbocycles. The minimum Gasteiger partial charge on any atom is -0.508 e. The molecule has 0 aromatic heterocycles. The van der Waals surface area contributed by atoms with E-state index in [4.69, 9.17) is 9.47 Å². The van der Waals surface area contributed by atoms with Gasteiger partial charge >= 0.3 is 6.09 Å². The third kappa shape index (κ3) is 7.58.